The third-order valence-corrected chi connectivity index (χ3v) is 4.79. The first-order valence-corrected chi connectivity index (χ1v) is 7.40. The van der Waals surface area contributed by atoms with Crippen molar-refractivity contribution in [3.63, 3.8) is 0 Å². The molecule has 8 heteroatoms. The quantitative estimate of drug-likeness (QED) is 0.532. The maximum absolute atomic E-state index is 11.6. The summed E-state index contributed by atoms with van der Waals surface area (Å²) in [5.41, 5.74) is 0. The van der Waals surface area contributed by atoms with Gasteiger partial charge in [-0.05, 0) is 6.92 Å². The molecule has 1 amide bonds. The Labute approximate surface area is 105 Å². The first kappa shape index (κ1) is 14.7. The van der Waals surface area contributed by atoms with Crippen LogP contribution in [0.3, 0.4) is 0 Å². The van der Waals surface area contributed by atoms with E-state index in [0.717, 1.165) is 0 Å². The lowest BCUT2D eigenvalue weighted by Gasteiger charge is -2.31. The molecule has 1 rings (SSSR count). The van der Waals surface area contributed by atoms with Gasteiger partial charge in [0.1, 0.15) is 5.25 Å². The molecule has 6 nitrogen and oxygen atoms in total. The number of carbonyl (C=O) groups excluding carboxylic acids is 1. The molecule has 1 saturated heterocycles. The minimum Gasteiger partial charge on any atom is -0.352 e. The molecule has 0 aromatic rings. The molecule has 0 N–H and O–H groups in total. The molecule has 0 radical (unpaired) electrons. The maximum Gasteiger partial charge on any atom is 0.237 e. The van der Waals surface area contributed by atoms with Crippen molar-refractivity contribution in [1.29, 1.82) is 0 Å². The predicted molar refractivity (Wildman–Crippen MR) is 62.2 cm³/mol. The van der Waals surface area contributed by atoms with Crippen LogP contribution in [0.5, 0.6) is 0 Å². The van der Waals surface area contributed by atoms with Crippen LogP contribution in [-0.2, 0) is 23.3 Å². The lowest BCUT2D eigenvalue weighted by atomic mass is 10.3. The van der Waals surface area contributed by atoms with E-state index in [9.17, 15) is 13.2 Å². The molecule has 1 unspecified atom stereocenters. The molecule has 0 bridgehead atoms. The zero-order valence-electron chi connectivity index (χ0n) is 9.97. The van der Waals surface area contributed by atoms with Crippen LogP contribution >= 0.6 is 10.7 Å². The van der Waals surface area contributed by atoms with Gasteiger partial charge in [-0.15, -0.1) is 0 Å². The van der Waals surface area contributed by atoms with E-state index in [1.807, 2.05) is 0 Å². The molecule has 1 heterocycles. The van der Waals surface area contributed by atoms with E-state index < -0.39 is 20.1 Å². The van der Waals surface area contributed by atoms with Crippen LogP contribution in [-0.4, -0.2) is 57.6 Å². The zero-order valence-corrected chi connectivity index (χ0v) is 11.5. The van der Waals surface area contributed by atoms with Crippen LogP contribution in [0, 0.1) is 0 Å². The first-order chi connectivity index (χ1) is 7.72. The molecule has 0 spiro atoms. The highest BCUT2D eigenvalue weighted by Crippen LogP contribution is 2.23. The minimum absolute atomic E-state index is 0.0764. The molecule has 1 fully saturated rings. The van der Waals surface area contributed by atoms with Gasteiger partial charge in [-0.25, -0.2) is 8.42 Å². The molecule has 0 saturated carbocycles. The fraction of sp³-hybridized carbons (Fsp3) is 0.889. The van der Waals surface area contributed by atoms with E-state index in [2.05, 4.69) is 0 Å². The summed E-state index contributed by atoms with van der Waals surface area (Å²) in [6.45, 7) is 1.91. The summed E-state index contributed by atoms with van der Waals surface area (Å²) in [4.78, 5) is 13.0. The number of ether oxygens (including phenoxy) is 2. The monoisotopic (exact) mass is 285 g/mol. The number of hydrogen-bond donors (Lipinski definition) is 0. The van der Waals surface area contributed by atoms with Gasteiger partial charge in [0.25, 0.3) is 0 Å². The Bertz CT molecular complexity index is 392. The van der Waals surface area contributed by atoms with Crippen molar-refractivity contribution in [2.24, 2.45) is 0 Å². The second-order valence-electron chi connectivity index (χ2n) is 4.12. The number of rotatable bonds is 5. The molecular formula is C9H16ClNO5S. The Morgan fingerprint density at radius 3 is 2.35 bits per heavy atom. The third kappa shape index (κ3) is 3.54. The topological polar surface area (TPSA) is 72.9 Å². The second-order valence-corrected chi connectivity index (χ2v) is 7.03. The van der Waals surface area contributed by atoms with Gasteiger partial charge in [0.05, 0.1) is 6.54 Å². The number of likely N-dealkylation sites (tertiary alicyclic amines) is 1. The highest BCUT2D eigenvalue weighted by molar-refractivity contribution is 8.14. The van der Waals surface area contributed by atoms with Crippen LogP contribution < -0.4 is 0 Å². The van der Waals surface area contributed by atoms with Crippen molar-refractivity contribution >= 4 is 25.6 Å². The summed E-state index contributed by atoms with van der Waals surface area (Å²) in [6, 6.07) is 0. The van der Waals surface area contributed by atoms with Gasteiger partial charge in [-0.3, -0.25) is 4.79 Å². The van der Waals surface area contributed by atoms with Crippen molar-refractivity contribution in [3.8, 4) is 0 Å². The van der Waals surface area contributed by atoms with Crippen molar-refractivity contribution < 1.29 is 22.7 Å². The summed E-state index contributed by atoms with van der Waals surface area (Å²) < 4.78 is 32.5. The van der Waals surface area contributed by atoms with Gasteiger partial charge in [-0.1, -0.05) is 0 Å². The molecule has 100 valence electrons. The summed E-state index contributed by atoms with van der Waals surface area (Å²) in [6.07, 6.45) is -0.0880. The lowest BCUT2D eigenvalue weighted by Crippen LogP contribution is -2.44. The normalized spacial score (nSPS) is 22.2. The first-order valence-electron chi connectivity index (χ1n) is 5.03. The largest absolute Gasteiger partial charge is 0.352 e. The Morgan fingerprint density at radius 1 is 1.47 bits per heavy atom. The molecular weight excluding hydrogens is 270 g/mol. The fourth-order valence-corrected chi connectivity index (χ4v) is 2.69. The van der Waals surface area contributed by atoms with E-state index in [1.165, 1.54) is 19.1 Å². The maximum atomic E-state index is 11.6. The average molecular weight is 286 g/mol. The number of nitrogens with zero attached hydrogens (tertiary/aromatic N) is 1. The summed E-state index contributed by atoms with van der Waals surface area (Å²) in [7, 11) is 4.45. The van der Waals surface area contributed by atoms with Crippen molar-refractivity contribution in [2.75, 3.05) is 27.3 Å². The van der Waals surface area contributed by atoms with E-state index in [1.54, 1.807) is 6.92 Å². The Hall–Kier alpha value is -0.370. The van der Waals surface area contributed by atoms with Crippen molar-refractivity contribution in [1.82, 2.24) is 4.90 Å². The Morgan fingerprint density at radius 2 is 2.00 bits per heavy atom. The number of carbonyl (C=O) groups is 1. The molecule has 1 aliphatic heterocycles. The van der Waals surface area contributed by atoms with Crippen molar-refractivity contribution in [2.45, 2.75) is 24.4 Å². The van der Waals surface area contributed by atoms with Gasteiger partial charge in [0.15, 0.2) is 5.79 Å². The van der Waals surface area contributed by atoms with Crippen LogP contribution in [0.1, 0.15) is 13.3 Å². The van der Waals surface area contributed by atoms with E-state index in [4.69, 9.17) is 20.2 Å². The van der Waals surface area contributed by atoms with E-state index >= 15 is 0 Å². The molecule has 0 aromatic carbocycles. The Kier molecular flexibility index (Phi) is 4.40. The van der Waals surface area contributed by atoms with Gasteiger partial charge < -0.3 is 14.4 Å². The van der Waals surface area contributed by atoms with Gasteiger partial charge in [0, 0.05) is 37.9 Å². The van der Waals surface area contributed by atoms with Gasteiger partial charge >= 0.3 is 0 Å². The summed E-state index contributed by atoms with van der Waals surface area (Å²) in [5, 5.41) is -0.852. The summed E-state index contributed by atoms with van der Waals surface area (Å²) in [5.74, 6) is -1.21. The number of hydrogen-bond acceptors (Lipinski definition) is 5. The smallest absolute Gasteiger partial charge is 0.237 e. The third-order valence-electron chi connectivity index (χ3n) is 2.92. The molecule has 17 heavy (non-hydrogen) atoms. The van der Waals surface area contributed by atoms with E-state index in [0.29, 0.717) is 0 Å². The molecule has 0 aromatic heterocycles. The fourth-order valence-electron chi connectivity index (χ4n) is 1.64. The van der Waals surface area contributed by atoms with Crippen LogP contribution in [0.4, 0.5) is 0 Å². The van der Waals surface area contributed by atoms with Gasteiger partial charge in [0.2, 0.25) is 15.0 Å². The van der Waals surface area contributed by atoms with Crippen LogP contribution in [0.25, 0.3) is 0 Å². The highest BCUT2D eigenvalue weighted by Gasteiger charge is 2.40. The van der Waals surface area contributed by atoms with E-state index in [-0.39, 0.29) is 25.4 Å². The zero-order chi connectivity index (χ0) is 13.3. The number of amides is 1. The summed E-state index contributed by atoms with van der Waals surface area (Å²) >= 11 is 0. The van der Waals surface area contributed by atoms with Crippen molar-refractivity contribution in [3.05, 3.63) is 0 Å². The molecule has 1 atom stereocenters. The lowest BCUT2D eigenvalue weighted by molar-refractivity contribution is -0.203. The minimum atomic E-state index is -3.71. The van der Waals surface area contributed by atoms with Gasteiger partial charge in [-0.2, -0.15) is 0 Å². The average Bonchev–Trinajstić information content (AvgIpc) is 2.60. The molecule has 1 aliphatic rings. The standard InChI is InChI=1S/C9H16ClNO5S/c1-9(15-2,16-3)6-11-5-7(4-8(11)12)17(10,13)14/h7H,4-6H2,1-3H3. The number of methoxy groups -OCH3 is 2. The predicted octanol–water partition coefficient (Wildman–Crippen LogP) is 0.165. The number of halogens is 1. The van der Waals surface area contributed by atoms with Crippen LogP contribution in [0.2, 0.25) is 0 Å². The van der Waals surface area contributed by atoms with Crippen LogP contribution in [0.15, 0.2) is 0 Å². The second kappa shape index (κ2) is 5.09. The Balaban J connectivity index is 2.73. The molecule has 0 aliphatic carbocycles. The SMILES string of the molecule is COC(C)(CN1CC(S(=O)(=O)Cl)CC1=O)OC. The highest BCUT2D eigenvalue weighted by atomic mass is 35.7.